The summed E-state index contributed by atoms with van der Waals surface area (Å²) in [6.45, 7) is 2.48. The highest BCUT2D eigenvalue weighted by molar-refractivity contribution is 7.89. The summed E-state index contributed by atoms with van der Waals surface area (Å²) in [7, 11) is -1.41. The van der Waals surface area contributed by atoms with E-state index >= 15 is 0 Å². The van der Waals surface area contributed by atoms with E-state index in [-0.39, 0.29) is 5.75 Å². The van der Waals surface area contributed by atoms with Crippen LogP contribution in [-0.2, 0) is 16.6 Å². The maximum Gasteiger partial charge on any atom is 0.214 e. The Morgan fingerprint density at radius 2 is 2.20 bits per heavy atom. The van der Waals surface area contributed by atoms with E-state index in [0.717, 1.165) is 17.7 Å². The minimum absolute atomic E-state index is 0.255. The molecule has 5 heteroatoms. The van der Waals surface area contributed by atoms with Crippen LogP contribution < -0.4 is 0 Å². The largest absolute Gasteiger partial charge is 0.214 e. The van der Waals surface area contributed by atoms with E-state index in [4.69, 9.17) is 0 Å². The van der Waals surface area contributed by atoms with E-state index in [9.17, 15) is 8.42 Å². The third-order valence-electron chi connectivity index (χ3n) is 2.19. The number of nitrogens with zero attached hydrogens (tertiary/aromatic N) is 1. The molecule has 0 N–H and O–H groups in total. The van der Waals surface area contributed by atoms with Gasteiger partial charge in [-0.3, -0.25) is 0 Å². The third-order valence-corrected chi connectivity index (χ3v) is 4.93. The van der Waals surface area contributed by atoms with E-state index in [2.05, 4.69) is 0 Å². The van der Waals surface area contributed by atoms with Crippen LogP contribution in [0.3, 0.4) is 0 Å². The van der Waals surface area contributed by atoms with Gasteiger partial charge in [-0.05, 0) is 17.9 Å². The number of hydrogen-bond donors (Lipinski definition) is 0. The van der Waals surface area contributed by atoms with Crippen molar-refractivity contribution in [3.05, 3.63) is 22.4 Å². The number of unbranched alkanes of at least 4 members (excludes halogenated alkanes) is 1. The molecule has 1 aromatic rings. The molecule has 0 saturated heterocycles. The van der Waals surface area contributed by atoms with Gasteiger partial charge in [-0.1, -0.05) is 19.4 Å². The lowest BCUT2D eigenvalue weighted by atomic mass is 10.4. The average Bonchev–Trinajstić information content (AvgIpc) is 2.67. The number of thiophene rings is 1. The summed E-state index contributed by atoms with van der Waals surface area (Å²) in [6, 6.07) is 3.89. The van der Waals surface area contributed by atoms with E-state index < -0.39 is 10.0 Å². The van der Waals surface area contributed by atoms with Gasteiger partial charge in [0.05, 0.1) is 5.75 Å². The first-order chi connectivity index (χ1) is 7.06. The minimum Gasteiger partial charge on any atom is -0.212 e. The quantitative estimate of drug-likeness (QED) is 0.773. The fraction of sp³-hybridized carbons (Fsp3) is 0.600. The van der Waals surface area contributed by atoms with Crippen molar-refractivity contribution in [2.75, 3.05) is 12.8 Å². The van der Waals surface area contributed by atoms with Crippen molar-refractivity contribution < 1.29 is 8.42 Å². The van der Waals surface area contributed by atoms with Crippen molar-refractivity contribution in [2.24, 2.45) is 0 Å². The smallest absolute Gasteiger partial charge is 0.212 e. The zero-order chi connectivity index (χ0) is 11.3. The standard InChI is InChI=1S/C10H17NO2S2/c1-3-4-8-15(12,13)11(2)9-10-6-5-7-14-10/h5-7H,3-4,8-9H2,1-2H3. The highest BCUT2D eigenvalue weighted by Gasteiger charge is 2.17. The fourth-order valence-electron chi connectivity index (χ4n) is 1.20. The maximum atomic E-state index is 11.7. The Bertz CT molecular complexity index is 370. The summed E-state index contributed by atoms with van der Waals surface area (Å²) >= 11 is 1.59. The second-order valence-electron chi connectivity index (χ2n) is 3.50. The molecule has 0 spiro atoms. The lowest BCUT2D eigenvalue weighted by molar-refractivity contribution is 0.468. The monoisotopic (exact) mass is 247 g/mol. The fourth-order valence-corrected chi connectivity index (χ4v) is 3.34. The summed E-state index contributed by atoms with van der Waals surface area (Å²) in [5.74, 6) is 0.255. The summed E-state index contributed by atoms with van der Waals surface area (Å²) in [6.07, 6.45) is 1.64. The van der Waals surface area contributed by atoms with Gasteiger partial charge in [0.15, 0.2) is 0 Å². The molecule has 0 aliphatic carbocycles. The van der Waals surface area contributed by atoms with Crippen LogP contribution in [0.2, 0.25) is 0 Å². The molecule has 0 saturated carbocycles. The topological polar surface area (TPSA) is 37.4 Å². The van der Waals surface area contributed by atoms with Gasteiger partial charge in [0.1, 0.15) is 0 Å². The van der Waals surface area contributed by atoms with Crippen LogP contribution in [0, 0.1) is 0 Å². The molecule has 1 aromatic heterocycles. The van der Waals surface area contributed by atoms with E-state index in [0.29, 0.717) is 6.54 Å². The maximum absolute atomic E-state index is 11.7. The first kappa shape index (κ1) is 12.7. The molecule has 0 aromatic carbocycles. The summed E-state index contributed by atoms with van der Waals surface area (Å²) in [4.78, 5) is 1.08. The van der Waals surface area contributed by atoms with Crippen molar-refractivity contribution in [3.8, 4) is 0 Å². The predicted octanol–water partition coefficient (Wildman–Crippen LogP) is 2.31. The van der Waals surface area contributed by atoms with Crippen LogP contribution >= 0.6 is 11.3 Å². The molecule has 3 nitrogen and oxygen atoms in total. The van der Waals surface area contributed by atoms with Gasteiger partial charge in [-0.2, -0.15) is 4.31 Å². The third kappa shape index (κ3) is 3.93. The molecule has 0 atom stereocenters. The van der Waals surface area contributed by atoms with Gasteiger partial charge in [0.2, 0.25) is 10.0 Å². The molecule has 0 radical (unpaired) electrons. The first-order valence-electron chi connectivity index (χ1n) is 5.02. The molecule has 1 heterocycles. The molecular formula is C10H17NO2S2. The van der Waals surface area contributed by atoms with Crippen molar-refractivity contribution in [1.82, 2.24) is 4.31 Å². The second-order valence-corrected chi connectivity index (χ2v) is 6.73. The van der Waals surface area contributed by atoms with Gasteiger partial charge in [-0.25, -0.2) is 8.42 Å². The zero-order valence-corrected chi connectivity index (χ0v) is 10.8. The van der Waals surface area contributed by atoms with Crippen LogP contribution in [0.5, 0.6) is 0 Å². The Labute approximate surface area is 95.8 Å². The van der Waals surface area contributed by atoms with Crippen LogP contribution in [-0.4, -0.2) is 25.5 Å². The molecule has 15 heavy (non-hydrogen) atoms. The lowest BCUT2D eigenvalue weighted by Gasteiger charge is -2.15. The lowest BCUT2D eigenvalue weighted by Crippen LogP contribution is -2.28. The highest BCUT2D eigenvalue weighted by Crippen LogP contribution is 2.13. The highest BCUT2D eigenvalue weighted by atomic mass is 32.2. The van der Waals surface area contributed by atoms with Gasteiger partial charge in [0.25, 0.3) is 0 Å². The summed E-state index contributed by atoms with van der Waals surface area (Å²) < 4.78 is 24.9. The molecule has 0 unspecified atom stereocenters. The van der Waals surface area contributed by atoms with Crippen LogP contribution in [0.1, 0.15) is 24.6 Å². The molecule has 0 fully saturated rings. The normalized spacial score (nSPS) is 12.2. The minimum atomic E-state index is -3.06. The Kier molecular flexibility index (Phi) is 4.76. The van der Waals surface area contributed by atoms with Crippen molar-refractivity contribution in [3.63, 3.8) is 0 Å². The Morgan fingerprint density at radius 3 is 2.73 bits per heavy atom. The molecule has 0 aliphatic rings. The summed E-state index contributed by atoms with van der Waals surface area (Å²) in [5.41, 5.74) is 0. The number of sulfonamides is 1. The molecule has 1 rings (SSSR count). The SMILES string of the molecule is CCCCS(=O)(=O)N(C)Cc1cccs1. The van der Waals surface area contributed by atoms with Crippen LogP contribution in [0.25, 0.3) is 0 Å². The second kappa shape index (κ2) is 5.63. The Balaban J connectivity index is 2.56. The van der Waals surface area contributed by atoms with Gasteiger partial charge >= 0.3 is 0 Å². The molecule has 0 aliphatic heterocycles. The molecular weight excluding hydrogens is 230 g/mol. The average molecular weight is 247 g/mol. The molecule has 86 valence electrons. The van der Waals surface area contributed by atoms with Gasteiger partial charge in [-0.15, -0.1) is 11.3 Å². The zero-order valence-electron chi connectivity index (χ0n) is 9.14. The van der Waals surface area contributed by atoms with E-state index in [1.165, 1.54) is 4.31 Å². The predicted molar refractivity (Wildman–Crippen MR) is 64.5 cm³/mol. The summed E-state index contributed by atoms with van der Waals surface area (Å²) in [5, 5.41) is 1.96. The van der Waals surface area contributed by atoms with E-state index in [1.54, 1.807) is 18.4 Å². The van der Waals surface area contributed by atoms with Crippen molar-refractivity contribution in [1.29, 1.82) is 0 Å². The van der Waals surface area contributed by atoms with E-state index in [1.807, 2.05) is 24.4 Å². The van der Waals surface area contributed by atoms with Crippen LogP contribution in [0.4, 0.5) is 0 Å². The Hall–Kier alpha value is -0.390. The Morgan fingerprint density at radius 1 is 1.47 bits per heavy atom. The molecule has 0 bridgehead atoms. The van der Waals surface area contributed by atoms with Crippen molar-refractivity contribution in [2.45, 2.75) is 26.3 Å². The molecule has 0 amide bonds. The number of hydrogen-bond acceptors (Lipinski definition) is 3. The van der Waals surface area contributed by atoms with Gasteiger partial charge < -0.3 is 0 Å². The first-order valence-corrected chi connectivity index (χ1v) is 7.51. The van der Waals surface area contributed by atoms with Crippen LogP contribution in [0.15, 0.2) is 17.5 Å². The number of rotatable bonds is 6. The van der Waals surface area contributed by atoms with Gasteiger partial charge in [0, 0.05) is 18.5 Å². The van der Waals surface area contributed by atoms with Crippen molar-refractivity contribution >= 4 is 21.4 Å².